The second-order valence-corrected chi connectivity index (χ2v) is 6.65. The molecule has 1 amide bonds. The van der Waals surface area contributed by atoms with Gasteiger partial charge in [-0.25, -0.2) is 0 Å². The molecule has 2 aromatic heterocycles. The highest BCUT2D eigenvalue weighted by molar-refractivity contribution is 7.08. The van der Waals surface area contributed by atoms with Gasteiger partial charge in [0.1, 0.15) is 5.76 Å². The molecule has 2 saturated heterocycles. The van der Waals surface area contributed by atoms with Crippen LogP contribution in [-0.2, 0) is 11.3 Å². The molecule has 2 fully saturated rings. The van der Waals surface area contributed by atoms with Gasteiger partial charge in [0.05, 0.1) is 26.0 Å². The molecule has 2 aromatic rings. The Morgan fingerprint density at radius 2 is 2.36 bits per heavy atom. The average Bonchev–Trinajstić information content (AvgIpc) is 3.27. The van der Waals surface area contributed by atoms with Crippen molar-refractivity contribution in [2.75, 3.05) is 19.8 Å². The van der Waals surface area contributed by atoms with Crippen molar-refractivity contribution in [3.05, 3.63) is 46.5 Å². The molecule has 0 aromatic carbocycles. The van der Waals surface area contributed by atoms with E-state index in [9.17, 15) is 4.79 Å². The number of carbonyl (C=O) groups excluding carboxylic acids is 1. The number of amides is 1. The Bertz CT molecular complexity index is 626. The van der Waals surface area contributed by atoms with Crippen LogP contribution in [0.3, 0.4) is 0 Å². The molecule has 6 heteroatoms. The molecule has 1 N–H and O–H groups in total. The van der Waals surface area contributed by atoms with Crippen LogP contribution in [0.5, 0.6) is 0 Å². The number of carbonyl (C=O) groups is 1. The number of hydrogen-bond donors (Lipinski definition) is 1. The van der Waals surface area contributed by atoms with Crippen LogP contribution in [0.1, 0.15) is 16.1 Å². The van der Waals surface area contributed by atoms with E-state index in [2.05, 4.69) is 10.2 Å². The third kappa shape index (κ3) is 2.58. The molecule has 0 unspecified atom stereocenters. The zero-order valence-corrected chi connectivity index (χ0v) is 12.9. The Hall–Kier alpha value is -1.63. The predicted octanol–water partition coefficient (Wildman–Crippen LogP) is 1.97. The number of nitrogens with one attached hydrogen (secondary N) is 1. The van der Waals surface area contributed by atoms with E-state index in [1.54, 1.807) is 17.6 Å². The Morgan fingerprint density at radius 3 is 3.14 bits per heavy atom. The van der Waals surface area contributed by atoms with Crippen LogP contribution in [0.4, 0.5) is 0 Å². The minimum atomic E-state index is 0.0109. The maximum atomic E-state index is 12.3. The first kappa shape index (κ1) is 14.0. The van der Waals surface area contributed by atoms with Gasteiger partial charge in [0.2, 0.25) is 0 Å². The van der Waals surface area contributed by atoms with Gasteiger partial charge in [-0.05, 0) is 23.6 Å². The molecule has 2 aliphatic rings. The maximum absolute atomic E-state index is 12.3. The van der Waals surface area contributed by atoms with Gasteiger partial charge >= 0.3 is 0 Å². The lowest BCUT2D eigenvalue weighted by Crippen LogP contribution is -2.41. The van der Waals surface area contributed by atoms with Crippen LogP contribution < -0.4 is 5.32 Å². The third-order valence-electron chi connectivity index (χ3n) is 4.55. The minimum Gasteiger partial charge on any atom is -0.468 e. The second-order valence-electron chi connectivity index (χ2n) is 5.87. The highest BCUT2D eigenvalue weighted by Crippen LogP contribution is 2.31. The highest BCUT2D eigenvalue weighted by atomic mass is 32.1. The van der Waals surface area contributed by atoms with E-state index >= 15 is 0 Å². The molecule has 4 rings (SSSR count). The SMILES string of the molecule is O=C(N[C@@H]1CN(Cc2ccco2)[C@@H]2COC[C@@H]21)c1ccsc1. The zero-order valence-electron chi connectivity index (χ0n) is 12.1. The van der Waals surface area contributed by atoms with Crippen LogP contribution >= 0.6 is 11.3 Å². The summed E-state index contributed by atoms with van der Waals surface area (Å²) in [6.07, 6.45) is 1.70. The average molecular weight is 318 g/mol. The van der Waals surface area contributed by atoms with E-state index in [1.165, 1.54) is 0 Å². The molecule has 5 nitrogen and oxygen atoms in total. The first-order valence-corrected chi connectivity index (χ1v) is 8.43. The largest absolute Gasteiger partial charge is 0.468 e. The summed E-state index contributed by atoms with van der Waals surface area (Å²) in [5, 5.41) is 6.99. The third-order valence-corrected chi connectivity index (χ3v) is 5.23. The van der Waals surface area contributed by atoms with E-state index in [0.29, 0.717) is 18.6 Å². The number of nitrogens with zero attached hydrogens (tertiary/aromatic N) is 1. The van der Waals surface area contributed by atoms with Crippen molar-refractivity contribution in [3.8, 4) is 0 Å². The predicted molar refractivity (Wildman–Crippen MR) is 82.8 cm³/mol. The summed E-state index contributed by atoms with van der Waals surface area (Å²) in [7, 11) is 0. The van der Waals surface area contributed by atoms with Gasteiger partial charge < -0.3 is 14.5 Å². The molecule has 0 bridgehead atoms. The molecule has 116 valence electrons. The van der Waals surface area contributed by atoms with Gasteiger partial charge in [-0.3, -0.25) is 9.69 Å². The molecule has 3 atom stereocenters. The van der Waals surface area contributed by atoms with E-state index in [-0.39, 0.29) is 11.9 Å². The van der Waals surface area contributed by atoms with Crippen molar-refractivity contribution < 1.29 is 13.9 Å². The summed E-state index contributed by atoms with van der Waals surface area (Å²) in [6, 6.07) is 6.25. The van der Waals surface area contributed by atoms with Crippen molar-refractivity contribution in [1.82, 2.24) is 10.2 Å². The van der Waals surface area contributed by atoms with Crippen molar-refractivity contribution in [2.24, 2.45) is 5.92 Å². The molecule has 0 spiro atoms. The van der Waals surface area contributed by atoms with Crippen molar-refractivity contribution in [3.63, 3.8) is 0 Å². The van der Waals surface area contributed by atoms with E-state index in [0.717, 1.165) is 31.0 Å². The standard InChI is InChI=1S/C16H18N2O3S/c19-16(11-3-5-22-10-11)17-14-7-18(6-12-2-1-4-21-12)15-9-20-8-13(14)15/h1-5,10,13-15H,6-9H2,(H,17,19)/t13-,14-,15-/m1/s1. The number of thiophene rings is 1. The quantitative estimate of drug-likeness (QED) is 0.936. The van der Waals surface area contributed by atoms with E-state index in [1.807, 2.05) is 29.0 Å². The Kier molecular flexibility index (Phi) is 3.73. The number of rotatable bonds is 4. The number of fused-ring (bicyclic) bond motifs is 1. The summed E-state index contributed by atoms with van der Waals surface area (Å²) in [6.45, 7) is 3.06. The van der Waals surface area contributed by atoms with Crippen molar-refractivity contribution in [2.45, 2.75) is 18.6 Å². The van der Waals surface area contributed by atoms with Gasteiger partial charge in [-0.1, -0.05) is 0 Å². The summed E-state index contributed by atoms with van der Waals surface area (Å²) >= 11 is 1.54. The van der Waals surface area contributed by atoms with E-state index in [4.69, 9.17) is 9.15 Å². The monoisotopic (exact) mass is 318 g/mol. The fourth-order valence-corrected chi connectivity index (χ4v) is 4.06. The molecular weight excluding hydrogens is 300 g/mol. The topological polar surface area (TPSA) is 54.7 Å². The molecule has 0 saturated carbocycles. The summed E-state index contributed by atoms with van der Waals surface area (Å²) < 4.78 is 11.1. The normalized spacial score (nSPS) is 27.9. The van der Waals surface area contributed by atoms with Crippen LogP contribution in [-0.4, -0.2) is 42.6 Å². The highest BCUT2D eigenvalue weighted by Gasteiger charge is 2.46. The lowest BCUT2D eigenvalue weighted by Gasteiger charge is -2.20. The van der Waals surface area contributed by atoms with Crippen LogP contribution in [0.15, 0.2) is 39.6 Å². The summed E-state index contributed by atoms with van der Waals surface area (Å²) in [4.78, 5) is 14.6. The first-order chi connectivity index (χ1) is 10.8. The van der Waals surface area contributed by atoms with E-state index < -0.39 is 0 Å². The Labute approximate surface area is 132 Å². The maximum Gasteiger partial charge on any atom is 0.252 e. The molecule has 0 aliphatic carbocycles. The Morgan fingerprint density at radius 1 is 1.41 bits per heavy atom. The van der Waals surface area contributed by atoms with Gasteiger partial charge in [0.15, 0.2) is 0 Å². The van der Waals surface area contributed by atoms with Gasteiger partial charge in [0.25, 0.3) is 5.91 Å². The molecular formula is C16H18N2O3S. The van der Waals surface area contributed by atoms with Gasteiger partial charge in [-0.15, -0.1) is 0 Å². The molecule has 2 aliphatic heterocycles. The summed E-state index contributed by atoms with van der Waals surface area (Å²) in [5.41, 5.74) is 0.741. The lowest BCUT2D eigenvalue weighted by molar-refractivity contribution is 0.0914. The van der Waals surface area contributed by atoms with Crippen molar-refractivity contribution >= 4 is 17.2 Å². The zero-order chi connectivity index (χ0) is 14.9. The fourth-order valence-electron chi connectivity index (χ4n) is 3.43. The number of ether oxygens (including phenoxy) is 1. The van der Waals surface area contributed by atoms with Crippen LogP contribution in [0.25, 0.3) is 0 Å². The Balaban J connectivity index is 1.45. The van der Waals surface area contributed by atoms with Crippen LogP contribution in [0, 0.1) is 5.92 Å². The number of furan rings is 1. The van der Waals surface area contributed by atoms with Gasteiger partial charge in [0, 0.05) is 35.5 Å². The minimum absolute atomic E-state index is 0.0109. The summed E-state index contributed by atoms with van der Waals surface area (Å²) in [5.74, 6) is 1.32. The first-order valence-electron chi connectivity index (χ1n) is 7.48. The molecule has 0 radical (unpaired) electrons. The molecule has 4 heterocycles. The van der Waals surface area contributed by atoms with Crippen molar-refractivity contribution in [1.29, 1.82) is 0 Å². The number of likely N-dealkylation sites (tertiary alicyclic amines) is 1. The van der Waals surface area contributed by atoms with Crippen LogP contribution in [0.2, 0.25) is 0 Å². The second kappa shape index (κ2) is 5.87. The smallest absolute Gasteiger partial charge is 0.252 e. The van der Waals surface area contributed by atoms with Gasteiger partial charge in [-0.2, -0.15) is 11.3 Å². The fraction of sp³-hybridized carbons (Fsp3) is 0.438. The number of hydrogen-bond acceptors (Lipinski definition) is 5. The molecule has 22 heavy (non-hydrogen) atoms. The lowest BCUT2D eigenvalue weighted by atomic mass is 9.99.